The number of likely N-dealkylation sites (tertiary alicyclic amines) is 1. The fourth-order valence-corrected chi connectivity index (χ4v) is 3.66. The van der Waals surface area contributed by atoms with E-state index in [1.165, 1.54) is 15.5 Å². The Morgan fingerprint density at radius 1 is 1.29 bits per heavy atom. The molecule has 0 aliphatic carbocycles. The van der Waals surface area contributed by atoms with Crippen LogP contribution in [0.15, 0.2) is 41.3 Å². The lowest BCUT2D eigenvalue weighted by Crippen LogP contribution is -2.44. The molecule has 0 saturated carbocycles. The predicted octanol–water partition coefficient (Wildman–Crippen LogP) is 2.88. The molecule has 0 radical (unpaired) electrons. The number of benzene rings is 1. The summed E-state index contributed by atoms with van der Waals surface area (Å²) < 4.78 is 30.0. The number of nitrogens with one attached hydrogen (secondary N) is 1. The summed E-state index contributed by atoms with van der Waals surface area (Å²) in [5.74, 6) is -1.55. The molecule has 3 heterocycles. The highest BCUT2D eigenvalue weighted by Crippen LogP contribution is 2.24. The molecule has 0 spiro atoms. The largest absolute Gasteiger partial charge is 0.330 e. The van der Waals surface area contributed by atoms with Gasteiger partial charge in [0, 0.05) is 32.4 Å². The molecule has 1 aromatic carbocycles. The van der Waals surface area contributed by atoms with Crippen molar-refractivity contribution in [3.8, 4) is 0 Å². The summed E-state index contributed by atoms with van der Waals surface area (Å²) in [6.45, 7) is 0.780. The summed E-state index contributed by atoms with van der Waals surface area (Å²) in [6.07, 6.45) is 3.05. The number of carbonyl (C=O) groups excluding carboxylic acids is 1. The maximum absolute atomic E-state index is 13.8. The van der Waals surface area contributed by atoms with Crippen molar-refractivity contribution < 1.29 is 13.6 Å². The fraction of sp³-hybridized carbons (Fsp3) is 0.316. The number of hydrogen-bond donors (Lipinski definition) is 1. The van der Waals surface area contributed by atoms with Crippen LogP contribution in [0, 0.1) is 11.6 Å². The lowest BCUT2D eigenvalue weighted by atomic mass is 10.1. The van der Waals surface area contributed by atoms with Gasteiger partial charge in [-0.25, -0.2) is 23.4 Å². The third kappa shape index (κ3) is 3.12. The number of nitrogens with zero attached hydrogens (tertiary/aromatic N) is 4. The lowest BCUT2D eigenvalue weighted by Gasteiger charge is -2.33. The highest BCUT2D eigenvalue weighted by molar-refractivity contribution is 5.89. The van der Waals surface area contributed by atoms with Crippen LogP contribution in [0.2, 0.25) is 0 Å². The van der Waals surface area contributed by atoms with Gasteiger partial charge in [0.1, 0.15) is 11.6 Å². The van der Waals surface area contributed by atoms with Crippen molar-refractivity contribution in [3.05, 3.63) is 58.6 Å². The van der Waals surface area contributed by atoms with Crippen molar-refractivity contribution in [1.82, 2.24) is 19.0 Å². The summed E-state index contributed by atoms with van der Waals surface area (Å²) in [5, 5.41) is 2.47. The van der Waals surface area contributed by atoms with Gasteiger partial charge in [-0.15, -0.1) is 0 Å². The number of hydrogen-bond acceptors (Lipinski definition) is 3. The van der Waals surface area contributed by atoms with Gasteiger partial charge in [0.2, 0.25) is 0 Å². The zero-order valence-electron chi connectivity index (χ0n) is 15.2. The molecule has 1 saturated heterocycles. The fourth-order valence-electron chi connectivity index (χ4n) is 3.66. The average Bonchev–Trinajstić information content (AvgIpc) is 2.95. The number of imidazole rings is 1. The third-order valence-corrected chi connectivity index (χ3v) is 5.07. The van der Waals surface area contributed by atoms with Gasteiger partial charge in [0.05, 0.1) is 17.2 Å². The molecule has 1 fully saturated rings. The molecule has 3 aromatic rings. The van der Waals surface area contributed by atoms with Crippen LogP contribution in [0.4, 0.5) is 19.3 Å². The van der Waals surface area contributed by atoms with Gasteiger partial charge in [-0.05, 0) is 37.1 Å². The number of piperidine rings is 1. The standard InChI is InChI=1S/C19H19F2N5O2/c1-24-16-5-2-8-22-17(16)26(19(24)28)13-4-3-9-25(11-13)18(27)23-15-7-6-12(20)10-14(15)21/h2,5-8,10,13H,3-4,9,11H2,1H3,(H,23,27)/t13-/m0/s1. The molecule has 1 aliphatic heterocycles. The minimum Gasteiger partial charge on any atom is -0.322 e. The van der Waals surface area contributed by atoms with E-state index in [1.807, 2.05) is 6.07 Å². The Kier molecular flexibility index (Phi) is 4.58. The van der Waals surface area contributed by atoms with Crippen molar-refractivity contribution in [2.24, 2.45) is 7.05 Å². The number of halogens is 2. The van der Waals surface area contributed by atoms with Gasteiger partial charge < -0.3 is 10.2 Å². The molecule has 9 heteroatoms. The topological polar surface area (TPSA) is 72.2 Å². The number of aromatic nitrogens is 3. The van der Waals surface area contributed by atoms with Gasteiger partial charge in [-0.1, -0.05) is 0 Å². The van der Waals surface area contributed by atoms with Crippen LogP contribution in [0.3, 0.4) is 0 Å². The summed E-state index contributed by atoms with van der Waals surface area (Å²) in [6, 6.07) is 5.85. The first-order chi connectivity index (χ1) is 13.5. The van der Waals surface area contributed by atoms with Crippen LogP contribution < -0.4 is 11.0 Å². The highest BCUT2D eigenvalue weighted by atomic mass is 19.1. The van der Waals surface area contributed by atoms with Crippen molar-refractivity contribution in [1.29, 1.82) is 0 Å². The van der Waals surface area contributed by atoms with E-state index in [1.54, 1.807) is 23.9 Å². The molecular weight excluding hydrogens is 368 g/mol. The molecule has 146 valence electrons. The zero-order valence-corrected chi connectivity index (χ0v) is 15.2. The van der Waals surface area contributed by atoms with Crippen LogP contribution in [0.25, 0.3) is 11.2 Å². The number of carbonyl (C=O) groups is 1. The Bertz CT molecular complexity index is 1110. The van der Waals surface area contributed by atoms with E-state index < -0.39 is 17.7 Å². The quantitative estimate of drug-likeness (QED) is 0.735. The van der Waals surface area contributed by atoms with Crippen LogP contribution >= 0.6 is 0 Å². The average molecular weight is 387 g/mol. The van der Waals surface area contributed by atoms with Gasteiger partial charge >= 0.3 is 11.7 Å². The Morgan fingerprint density at radius 2 is 2.11 bits per heavy atom. The van der Waals surface area contributed by atoms with E-state index in [9.17, 15) is 18.4 Å². The second-order valence-electron chi connectivity index (χ2n) is 6.85. The molecule has 0 bridgehead atoms. The van der Waals surface area contributed by atoms with E-state index in [4.69, 9.17) is 0 Å². The normalized spacial score (nSPS) is 17.1. The minimum absolute atomic E-state index is 0.0856. The molecular formula is C19H19F2N5O2. The Hall–Kier alpha value is -3.23. The number of rotatable bonds is 2. The zero-order chi connectivity index (χ0) is 19.8. The maximum Gasteiger partial charge on any atom is 0.330 e. The minimum atomic E-state index is -0.837. The van der Waals surface area contributed by atoms with Crippen molar-refractivity contribution in [3.63, 3.8) is 0 Å². The summed E-state index contributed by atoms with van der Waals surface area (Å²) >= 11 is 0. The summed E-state index contributed by atoms with van der Waals surface area (Å²) in [5.41, 5.74) is 1.03. The van der Waals surface area contributed by atoms with Gasteiger partial charge in [-0.2, -0.15) is 0 Å². The summed E-state index contributed by atoms with van der Waals surface area (Å²) in [4.78, 5) is 31.2. The number of urea groups is 1. The SMILES string of the molecule is Cn1c(=O)n([C@H]2CCCN(C(=O)Nc3ccc(F)cc3F)C2)c2ncccc21. The van der Waals surface area contributed by atoms with Gasteiger partial charge in [0.25, 0.3) is 0 Å². The lowest BCUT2D eigenvalue weighted by molar-refractivity contribution is 0.178. The van der Waals surface area contributed by atoms with Crippen LogP contribution in [0.5, 0.6) is 0 Å². The number of anilines is 1. The van der Waals surface area contributed by atoms with Crippen LogP contribution in [-0.2, 0) is 7.05 Å². The molecule has 7 nitrogen and oxygen atoms in total. The molecule has 0 unspecified atom stereocenters. The maximum atomic E-state index is 13.8. The first-order valence-corrected chi connectivity index (χ1v) is 8.98. The first-order valence-electron chi connectivity index (χ1n) is 8.98. The molecule has 4 rings (SSSR count). The van der Waals surface area contributed by atoms with E-state index in [0.29, 0.717) is 25.2 Å². The first kappa shape index (κ1) is 18.1. The number of fused-ring (bicyclic) bond motifs is 1. The second-order valence-corrected chi connectivity index (χ2v) is 6.85. The molecule has 1 atom stereocenters. The van der Waals surface area contributed by atoms with Crippen molar-refractivity contribution in [2.45, 2.75) is 18.9 Å². The third-order valence-electron chi connectivity index (χ3n) is 5.07. The number of pyridine rings is 1. The summed E-state index contributed by atoms with van der Waals surface area (Å²) in [7, 11) is 1.69. The van der Waals surface area contributed by atoms with E-state index in [0.717, 1.165) is 24.1 Å². The molecule has 1 N–H and O–H groups in total. The molecule has 2 aromatic heterocycles. The van der Waals surface area contributed by atoms with E-state index >= 15 is 0 Å². The molecule has 1 aliphatic rings. The molecule has 28 heavy (non-hydrogen) atoms. The molecule has 2 amide bonds. The smallest absolute Gasteiger partial charge is 0.322 e. The van der Waals surface area contributed by atoms with E-state index in [2.05, 4.69) is 10.3 Å². The number of aryl methyl sites for hydroxylation is 1. The Balaban J connectivity index is 1.58. The van der Waals surface area contributed by atoms with Gasteiger partial charge in [-0.3, -0.25) is 9.13 Å². The van der Waals surface area contributed by atoms with Crippen LogP contribution in [0.1, 0.15) is 18.9 Å². The second kappa shape index (κ2) is 7.06. The van der Waals surface area contributed by atoms with Crippen molar-refractivity contribution in [2.75, 3.05) is 18.4 Å². The monoisotopic (exact) mass is 387 g/mol. The number of amides is 2. The van der Waals surface area contributed by atoms with Gasteiger partial charge in [0.15, 0.2) is 5.65 Å². The Morgan fingerprint density at radius 3 is 2.89 bits per heavy atom. The van der Waals surface area contributed by atoms with Crippen molar-refractivity contribution >= 4 is 22.9 Å². The van der Waals surface area contributed by atoms with E-state index in [-0.39, 0.29) is 17.4 Å². The Labute approximate surface area is 159 Å². The highest BCUT2D eigenvalue weighted by Gasteiger charge is 2.28. The van der Waals surface area contributed by atoms with Crippen LogP contribution in [-0.4, -0.2) is 38.1 Å². The predicted molar refractivity (Wildman–Crippen MR) is 100 cm³/mol.